The van der Waals surface area contributed by atoms with Gasteiger partial charge in [0.1, 0.15) is 5.82 Å². The molecule has 0 bridgehead atoms. The molecule has 2 N–H and O–H groups in total. The van der Waals surface area contributed by atoms with Crippen molar-refractivity contribution in [1.82, 2.24) is 4.90 Å². The van der Waals surface area contributed by atoms with Gasteiger partial charge in [-0.2, -0.15) is 0 Å². The van der Waals surface area contributed by atoms with Crippen LogP contribution in [0, 0.1) is 11.7 Å². The number of hydrogen-bond acceptors (Lipinski definition) is 3. The maximum atomic E-state index is 13.9. The molecule has 0 radical (unpaired) electrons. The molecule has 7 heteroatoms. The highest BCUT2D eigenvalue weighted by molar-refractivity contribution is 5.97. The Hall–Kier alpha value is -2.44. The van der Waals surface area contributed by atoms with Crippen LogP contribution in [0.25, 0.3) is 0 Å². The summed E-state index contributed by atoms with van der Waals surface area (Å²) in [6.07, 6.45) is 1.07. The van der Waals surface area contributed by atoms with E-state index in [0.717, 1.165) is 6.07 Å². The lowest BCUT2D eigenvalue weighted by Crippen LogP contribution is -2.42. The third kappa shape index (κ3) is 3.60. The van der Waals surface area contributed by atoms with E-state index in [0.29, 0.717) is 25.1 Å². The van der Waals surface area contributed by atoms with Gasteiger partial charge in [0.15, 0.2) is 0 Å². The number of carboxylic acids is 1. The van der Waals surface area contributed by atoms with E-state index in [1.165, 1.54) is 24.0 Å². The van der Waals surface area contributed by atoms with Crippen LogP contribution in [-0.4, -0.2) is 40.9 Å². The third-order valence-corrected chi connectivity index (χ3v) is 3.57. The molecule has 22 heavy (non-hydrogen) atoms. The lowest BCUT2D eigenvalue weighted by molar-refractivity contribution is -0.143. The van der Waals surface area contributed by atoms with Crippen molar-refractivity contribution in [3.8, 4) is 0 Å². The highest BCUT2D eigenvalue weighted by Crippen LogP contribution is 2.22. The Morgan fingerprint density at radius 3 is 2.73 bits per heavy atom. The Kier molecular flexibility index (Phi) is 4.75. The Labute approximate surface area is 126 Å². The molecule has 2 rings (SSSR count). The summed E-state index contributed by atoms with van der Waals surface area (Å²) in [7, 11) is 0. The molecule has 1 heterocycles. The van der Waals surface area contributed by atoms with Crippen LogP contribution in [0.3, 0.4) is 0 Å². The summed E-state index contributed by atoms with van der Waals surface area (Å²) in [6, 6.07) is 3.74. The van der Waals surface area contributed by atoms with E-state index < -0.39 is 23.6 Å². The molecule has 0 aliphatic carbocycles. The van der Waals surface area contributed by atoms with Gasteiger partial charge in [-0.3, -0.25) is 14.4 Å². The van der Waals surface area contributed by atoms with Crippen molar-refractivity contribution >= 4 is 23.5 Å². The predicted octanol–water partition coefficient (Wildman–Crippen LogP) is 1.72. The molecule has 1 aromatic rings. The van der Waals surface area contributed by atoms with Gasteiger partial charge in [0.05, 0.1) is 11.5 Å². The fraction of sp³-hybridized carbons (Fsp3) is 0.400. The maximum absolute atomic E-state index is 13.9. The molecule has 0 aromatic heterocycles. The van der Waals surface area contributed by atoms with Crippen LogP contribution in [0.15, 0.2) is 18.2 Å². The normalized spacial score (nSPS) is 17.9. The van der Waals surface area contributed by atoms with E-state index >= 15 is 0 Å². The highest BCUT2D eigenvalue weighted by atomic mass is 19.1. The topological polar surface area (TPSA) is 86.7 Å². The van der Waals surface area contributed by atoms with Gasteiger partial charge in [-0.05, 0) is 31.0 Å². The van der Waals surface area contributed by atoms with E-state index in [1.54, 1.807) is 0 Å². The van der Waals surface area contributed by atoms with Crippen LogP contribution in [0.4, 0.5) is 10.1 Å². The first kappa shape index (κ1) is 15.9. The number of piperidine rings is 1. The number of benzene rings is 1. The molecule has 1 saturated heterocycles. The molecule has 0 unspecified atom stereocenters. The Morgan fingerprint density at radius 2 is 2.09 bits per heavy atom. The first-order valence-corrected chi connectivity index (χ1v) is 6.97. The van der Waals surface area contributed by atoms with Crippen molar-refractivity contribution in [3.63, 3.8) is 0 Å². The van der Waals surface area contributed by atoms with Crippen LogP contribution in [-0.2, 0) is 9.59 Å². The Morgan fingerprint density at radius 1 is 1.36 bits per heavy atom. The monoisotopic (exact) mass is 308 g/mol. The van der Waals surface area contributed by atoms with Crippen molar-refractivity contribution in [3.05, 3.63) is 29.6 Å². The largest absolute Gasteiger partial charge is 0.481 e. The molecule has 1 aromatic carbocycles. The molecule has 0 saturated carbocycles. The van der Waals surface area contributed by atoms with Crippen LogP contribution < -0.4 is 5.32 Å². The molecule has 1 aliphatic heterocycles. The zero-order valence-corrected chi connectivity index (χ0v) is 12.1. The minimum absolute atomic E-state index is 0.0674. The smallest absolute Gasteiger partial charge is 0.308 e. The summed E-state index contributed by atoms with van der Waals surface area (Å²) in [5, 5.41) is 11.5. The van der Waals surface area contributed by atoms with Crippen molar-refractivity contribution in [1.29, 1.82) is 0 Å². The molecule has 1 aliphatic rings. The van der Waals surface area contributed by atoms with Gasteiger partial charge in [-0.1, -0.05) is 0 Å². The summed E-state index contributed by atoms with van der Waals surface area (Å²) in [6.45, 7) is 1.78. The average Bonchev–Trinajstić information content (AvgIpc) is 2.48. The van der Waals surface area contributed by atoms with Crippen molar-refractivity contribution in [2.45, 2.75) is 19.8 Å². The summed E-state index contributed by atoms with van der Waals surface area (Å²) in [5.74, 6) is -3.16. The lowest BCUT2D eigenvalue weighted by Gasteiger charge is -2.30. The van der Waals surface area contributed by atoms with Gasteiger partial charge in [0.25, 0.3) is 5.91 Å². The number of anilines is 1. The van der Waals surface area contributed by atoms with E-state index in [9.17, 15) is 18.8 Å². The van der Waals surface area contributed by atoms with Crippen molar-refractivity contribution in [2.75, 3.05) is 18.4 Å². The summed E-state index contributed by atoms with van der Waals surface area (Å²) >= 11 is 0. The Bertz CT molecular complexity index is 618. The number of halogens is 1. The van der Waals surface area contributed by atoms with Gasteiger partial charge < -0.3 is 15.3 Å². The number of carboxylic acid groups (broad SMARTS) is 1. The predicted molar refractivity (Wildman–Crippen MR) is 77.0 cm³/mol. The molecule has 0 spiro atoms. The highest BCUT2D eigenvalue weighted by Gasteiger charge is 2.29. The molecule has 6 nitrogen and oxygen atoms in total. The molecule has 118 valence electrons. The summed E-state index contributed by atoms with van der Waals surface area (Å²) in [4.78, 5) is 35.8. The quantitative estimate of drug-likeness (QED) is 0.890. The van der Waals surface area contributed by atoms with E-state index in [1.807, 2.05) is 0 Å². The summed E-state index contributed by atoms with van der Waals surface area (Å²) < 4.78 is 13.9. The Balaban J connectivity index is 2.21. The molecule has 1 atom stereocenters. The zero-order chi connectivity index (χ0) is 16.3. The molecule has 1 fully saturated rings. The fourth-order valence-electron chi connectivity index (χ4n) is 2.50. The van der Waals surface area contributed by atoms with Crippen LogP contribution in [0.2, 0.25) is 0 Å². The van der Waals surface area contributed by atoms with Crippen molar-refractivity contribution in [2.24, 2.45) is 5.92 Å². The number of amides is 2. The van der Waals surface area contributed by atoms with Crippen LogP contribution in [0.1, 0.15) is 30.1 Å². The van der Waals surface area contributed by atoms with Gasteiger partial charge in [0.2, 0.25) is 5.91 Å². The second-order valence-electron chi connectivity index (χ2n) is 5.30. The van der Waals surface area contributed by atoms with E-state index in [2.05, 4.69) is 5.32 Å². The third-order valence-electron chi connectivity index (χ3n) is 3.57. The SMILES string of the molecule is CC(=O)Nc1ccc(F)c(C(=O)N2CCC[C@H](C(=O)O)C2)c1. The van der Waals surface area contributed by atoms with Gasteiger partial charge in [-0.15, -0.1) is 0 Å². The number of carbonyl (C=O) groups excluding carboxylic acids is 2. The van der Waals surface area contributed by atoms with Gasteiger partial charge >= 0.3 is 5.97 Å². The number of hydrogen-bond donors (Lipinski definition) is 2. The number of aliphatic carboxylic acids is 1. The average molecular weight is 308 g/mol. The first-order chi connectivity index (χ1) is 10.4. The molecular weight excluding hydrogens is 291 g/mol. The molecule has 2 amide bonds. The van der Waals surface area contributed by atoms with Crippen LogP contribution >= 0.6 is 0 Å². The van der Waals surface area contributed by atoms with Gasteiger partial charge in [0, 0.05) is 25.7 Å². The number of nitrogens with one attached hydrogen (secondary N) is 1. The first-order valence-electron chi connectivity index (χ1n) is 6.97. The standard InChI is InChI=1S/C15H17FN2O4/c1-9(19)17-11-4-5-13(16)12(7-11)14(20)18-6-2-3-10(8-18)15(21)22/h4-5,7,10H,2-3,6,8H2,1H3,(H,17,19)(H,21,22)/t10-/m0/s1. The lowest BCUT2D eigenvalue weighted by atomic mass is 9.97. The maximum Gasteiger partial charge on any atom is 0.308 e. The van der Waals surface area contributed by atoms with Crippen molar-refractivity contribution < 1.29 is 23.9 Å². The number of nitrogens with zero attached hydrogens (tertiary/aromatic N) is 1. The minimum Gasteiger partial charge on any atom is -0.481 e. The fourth-order valence-corrected chi connectivity index (χ4v) is 2.50. The molecular formula is C15H17FN2O4. The number of carbonyl (C=O) groups is 3. The van der Waals surface area contributed by atoms with E-state index in [4.69, 9.17) is 5.11 Å². The van der Waals surface area contributed by atoms with E-state index in [-0.39, 0.29) is 18.0 Å². The summed E-state index contributed by atoms with van der Waals surface area (Å²) in [5.41, 5.74) is 0.154. The van der Waals surface area contributed by atoms with Crippen LogP contribution in [0.5, 0.6) is 0 Å². The second kappa shape index (κ2) is 6.55. The number of likely N-dealkylation sites (tertiary alicyclic amines) is 1. The zero-order valence-electron chi connectivity index (χ0n) is 12.1. The number of rotatable bonds is 3. The minimum atomic E-state index is -0.954. The van der Waals surface area contributed by atoms with Gasteiger partial charge in [-0.25, -0.2) is 4.39 Å². The second-order valence-corrected chi connectivity index (χ2v) is 5.30.